The minimum absolute atomic E-state index is 0.0360. The van der Waals surface area contributed by atoms with Crippen LogP contribution in [-0.4, -0.2) is 17.4 Å². The smallest absolute Gasteiger partial charge is 0.233 e. The molecule has 1 amide bonds. The molecule has 0 bridgehead atoms. The van der Waals surface area contributed by atoms with Gasteiger partial charge < -0.3 is 5.32 Å². The molecule has 1 fully saturated rings. The Balaban J connectivity index is 2.07. The van der Waals surface area contributed by atoms with Gasteiger partial charge in [0.05, 0.1) is 11.3 Å². The maximum Gasteiger partial charge on any atom is 0.233 e. The molecule has 0 radical (unpaired) electrons. The normalized spacial score (nSPS) is 19.7. The Morgan fingerprint density at radius 1 is 1.50 bits per heavy atom. The number of carbonyl (C=O) groups excluding carboxylic acids is 1. The van der Waals surface area contributed by atoms with Crippen LogP contribution in [0.1, 0.15) is 43.5 Å². The van der Waals surface area contributed by atoms with Crippen molar-refractivity contribution in [3.63, 3.8) is 0 Å². The van der Waals surface area contributed by atoms with Crippen LogP contribution in [0.25, 0.3) is 0 Å². The molecule has 1 aromatic heterocycles. The molecular weight excluding hydrogens is 262 g/mol. The van der Waals surface area contributed by atoms with E-state index in [4.69, 9.17) is 0 Å². The summed E-state index contributed by atoms with van der Waals surface area (Å²) in [5.74, 6) is 0.800. The van der Waals surface area contributed by atoms with Crippen LogP contribution in [0.15, 0.2) is 17.5 Å². The van der Waals surface area contributed by atoms with Crippen LogP contribution in [0, 0.1) is 5.92 Å². The summed E-state index contributed by atoms with van der Waals surface area (Å²) < 4.78 is 0. The van der Waals surface area contributed by atoms with E-state index < -0.39 is 0 Å². The monoisotopic (exact) mass is 283 g/mol. The Bertz CT molecular complexity index is 371. The number of hydrogen-bond acceptors (Lipinski definition) is 3. The molecule has 2 atom stereocenters. The standard InChI is InChI=1S/C14H21NOS2/c1-10(17-2)14(16)15-13(11-6-3-4-7-11)12-8-5-9-18-12/h5,8-11,13H,3-4,6-7H2,1-2H3,(H,15,16)/t10-,13+/m0/s1. The van der Waals surface area contributed by atoms with Gasteiger partial charge in [-0.3, -0.25) is 4.79 Å². The van der Waals surface area contributed by atoms with E-state index in [9.17, 15) is 4.79 Å². The van der Waals surface area contributed by atoms with Gasteiger partial charge >= 0.3 is 0 Å². The molecule has 0 unspecified atom stereocenters. The average Bonchev–Trinajstić information content (AvgIpc) is 3.06. The van der Waals surface area contributed by atoms with Gasteiger partial charge in [-0.1, -0.05) is 18.9 Å². The average molecular weight is 283 g/mol. The summed E-state index contributed by atoms with van der Waals surface area (Å²) in [6.07, 6.45) is 7.09. The minimum atomic E-state index is 0.0360. The second-order valence-electron chi connectivity index (χ2n) is 4.92. The van der Waals surface area contributed by atoms with Crippen molar-refractivity contribution in [2.24, 2.45) is 5.92 Å². The zero-order valence-electron chi connectivity index (χ0n) is 11.0. The first-order valence-electron chi connectivity index (χ1n) is 6.59. The van der Waals surface area contributed by atoms with Gasteiger partial charge in [-0.25, -0.2) is 0 Å². The van der Waals surface area contributed by atoms with E-state index in [0.717, 1.165) is 0 Å². The Morgan fingerprint density at radius 2 is 2.22 bits per heavy atom. The van der Waals surface area contributed by atoms with Crippen LogP contribution in [-0.2, 0) is 4.79 Å². The summed E-state index contributed by atoms with van der Waals surface area (Å²) in [6.45, 7) is 1.97. The predicted molar refractivity (Wildman–Crippen MR) is 80.1 cm³/mol. The molecule has 1 N–H and O–H groups in total. The SMILES string of the molecule is CS[C@@H](C)C(=O)N[C@@H](c1cccs1)C1CCCC1. The van der Waals surface area contributed by atoms with Crippen LogP contribution < -0.4 is 5.32 Å². The zero-order valence-corrected chi connectivity index (χ0v) is 12.7. The van der Waals surface area contributed by atoms with E-state index in [1.54, 1.807) is 23.1 Å². The molecular formula is C14H21NOS2. The first-order chi connectivity index (χ1) is 8.72. The number of rotatable bonds is 5. The van der Waals surface area contributed by atoms with Gasteiger partial charge in [0.1, 0.15) is 0 Å². The van der Waals surface area contributed by atoms with Crippen molar-refractivity contribution in [2.75, 3.05) is 6.26 Å². The van der Waals surface area contributed by atoms with E-state index in [1.165, 1.54) is 30.6 Å². The molecule has 0 spiro atoms. The molecule has 1 aliphatic carbocycles. The van der Waals surface area contributed by atoms with Gasteiger partial charge in [0.2, 0.25) is 5.91 Å². The van der Waals surface area contributed by atoms with Crippen molar-refractivity contribution in [3.05, 3.63) is 22.4 Å². The minimum Gasteiger partial charge on any atom is -0.347 e. The van der Waals surface area contributed by atoms with E-state index in [-0.39, 0.29) is 17.2 Å². The summed E-state index contributed by atoms with van der Waals surface area (Å²) in [5, 5.41) is 5.40. The number of thiophene rings is 1. The number of carbonyl (C=O) groups is 1. The molecule has 0 aromatic carbocycles. The summed E-state index contributed by atoms with van der Waals surface area (Å²) in [4.78, 5) is 13.4. The third kappa shape index (κ3) is 3.29. The maximum atomic E-state index is 12.1. The summed E-state index contributed by atoms with van der Waals surface area (Å²) >= 11 is 3.36. The Kier molecular flexibility index (Phi) is 5.13. The third-order valence-electron chi connectivity index (χ3n) is 3.74. The fourth-order valence-corrected chi connectivity index (χ4v) is 3.71. The van der Waals surface area contributed by atoms with Gasteiger partial charge in [0.15, 0.2) is 0 Å². The predicted octanol–water partition coefficient (Wildman–Crippen LogP) is 3.85. The van der Waals surface area contributed by atoms with Crippen LogP contribution in [0.2, 0.25) is 0 Å². The van der Waals surface area contributed by atoms with Crippen molar-refractivity contribution >= 4 is 29.0 Å². The second-order valence-corrected chi connectivity index (χ2v) is 7.08. The molecule has 0 aliphatic heterocycles. The molecule has 100 valence electrons. The zero-order chi connectivity index (χ0) is 13.0. The topological polar surface area (TPSA) is 29.1 Å². The highest BCUT2D eigenvalue weighted by Crippen LogP contribution is 2.37. The molecule has 2 rings (SSSR count). The van der Waals surface area contributed by atoms with Crippen molar-refractivity contribution < 1.29 is 4.79 Å². The highest BCUT2D eigenvalue weighted by atomic mass is 32.2. The molecule has 0 saturated heterocycles. The molecule has 1 saturated carbocycles. The van der Waals surface area contributed by atoms with Crippen molar-refractivity contribution in [2.45, 2.75) is 43.9 Å². The van der Waals surface area contributed by atoms with E-state index in [1.807, 2.05) is 13.2 Å². The van der Waals surface area contributed by atoms with Gasteiger partial charge in [0.25, 0.3) is 0 Å². The van der Waals surface area contributed by atoms with Gasteiger partial charge in [0, 0.05) is 4.88 Å². The summed E-state index contributed by atoms with van der Waals surface area (Å²) in [5.41, 5.74) is 0. The maximum absolute atomic E-state index is 12.1. The van der Waals surface area contributed by atoms with Crippen LogP contribution in [0.4, 0.5) is 0 Å². The van der Waals surface area contributed by atoms with E-state index in [2.05, 4.69) is 22.8 Å². The van der Waals surface area contributed by atoms with Crippen LogP contribution in [0.5, 0.6) is 0 Å². The molecule has 2 nitrogen and oxygen atoms in total. The van der Waals surface area contributed by atoms with Crippen molar-refractivity contribution in [3.8, 4) is 0 Å². The largest absolute Gasteiger partial charge is 0.347 e. The number of amides is 1. The van der Waals surface area contributed by atoms with E-state index >= 15 is 0 Å². The summed E-state index contributed by atoms with van der Waals surface area (Å²) in [7, 11) is 0. The fourth-order valence-electron chi connectivity index (χ4n) is 2.56. The fraction of sp³-hybridized carbons (Fsp3) is 0.643. The lowest BCUT2D eigenvalue weighted by Crippen LogP contribution is -2.36. The quantitative estimate of drug-likeness (QED) is 0.889. The molecule has 1 heterocycles. The Labute approximate surface area is 118 Å². The number of hydrogen-bond donors (Lipinski definition) is 1. The van der Waals surface area contributed by atoms with Crippen LogP contribution in [0.3, 0.4) is 0 Å². The first-order valence-corrected chi connectivity index (χ1v) is 8.75. The van der Waals surface area contributed by atoms with Gasteiger partial charge in [-0.2, -0.15) is 11.8 Å². The van der Waals surface area contributed by atoms with Crippen molar-refractivity contribution in [1.82, 2.24) is 5.32 Å². The molecule has 1 aromatic rings. The van der Waals surface area contributed by atoms with Gasteiger partial charge in [-0.15, -0.1) is 11.3 Å². The number of nitrogens with one attached hydrogen (secondary N) is 1. The highest BCUT2D eigenvalue weighted by molar-refractivity contribution is 7.99. The highest BCUT2D eigenvalue weighted by Gasteiger charge is 2.29. The Hall–Kier alpha value is -0.480. The Morgan fingerprint density at radius 3 is 2.78 bits per heavy atom. The molecule has 18 heavy (non-hydrogen) atoms. The number of thioether (sulfide) groups is 1. The van der Waals surface area contributed by atoms with Crippen LogP contribution >= 0.6 is 23.1 Å². The lowest BCUT2D eigenvalue weighted by molar-refractivity contribution is -0.121. The summed E-state index contributed by atoms with van der Waals surface area (Å²) in [6, 6.07) is 4.46. The first kappa shape index (κ1) is 13.9. The van der Waals surface area contributed by atoms with Gasteiger partial charge in [-0.05, 0) is 43.4 Å². The van der Waals surface area contributed by atoms with E-state index in [0.29, 0.717) is 5.92 Å². The molecule has 4 heteroatoms. The van der Waals surface area contributed by atoms with Crippen molar-refractivity contribution in [1.29, 1.82) is 0 Å². The molecule has 1 aliphatic rings. The lowest BCUT2D eigenvalue weighted by atomic mass is 9.96. The second kappa shape index (κ2) is 6.62. The lowest BCUT2D eigenvalue weighted by Gasteiger charge is -2.25. The third-order valence-corrected chi connectivity index (χ3v) is 5.62.